The predicted octanol–water partition coefficient (Wildman–Crippen LogP) is 17.2. The molecule has 10 rings (SSSR count). The van der Waals surface area contributed by atoms with Gasteiger partial charge in [-0.05, 0) is 99.8 Å². The number of nitrogens with one attached hydrogen (secondary N) is 4. The lowest BCUT2D eigenvalue weighted by Gasteiger charge is -2.32. The van der Waals surface area contributed by atoms with Crippen LogP contribution in [0.15, 0.2) is 60.7 Å². The lowest BCUT2D eigenvalue weighted by Crippen LogP contribution is -2.30. The highest BCUT2D eigenvalue weighted by atomic mass is 16.1. The zero-order chi connectivity index (χ0) is 52.1. The molecule has 0 radical (unpaired) electrons. The largest absolute Gasteiger partial charge is 0.382 e. The topological polar surface area (TPSA) is 116 Å². The fourth-order valence-electron chi connectivity index (χ4n) is 13.6. The van der Waals surface area contributed by atoms with E-state index in [1.54, 1.807) is 0 Å². The first-order valence-corrected chi connectivity index (χ1v) is 30.6. The highest BCUT2D eigenvalue weighted by Crippen LogP contribution is 2.44. The van der Waals surface area contributed by atoms with Gasteiger partial charge in [0.2, 0.25) is 0 Å². The SMILES string of the molecule is CCCCC(CC)Cc1cc(NC2CCCCC2)c2c(c1NC1CCCCC1)C(=O)c1ccccc1C2=O.CCCCCCCc1cc(NC2CCCCC2)c2c(c1NC1CCCCC1)C(=O)c1ccccc1C2=O. The molecule has 1 unspecified atom stereocenters. The number of aryl methyl sites for hydroxylation is 1. The first-order chi connectivity index (χ1) is 36.8. The number of hydrogen-bond donors (Lipinski definition) is 4. The maximum Gasteiger partial charge on any atom is 0.196 e. The van der Waals surface area contributed by atoms with Crippen LogP contribution >= 0.6 is 0 Å². The summed E-state index contributed by atoms with van der Waals surface area (Å²) in [5.41, 5.74) is 10.7. The van der Waals surface area contributed by atoms with E-state index < -0.39 is 0 Å². The van der Waals surface area contributed by atoms with Crippen molar-refractivity contribution in [3.63, 3.8) is 0 Å². The van der Waals surface area contributed by atoms with Gasteiger partial charge in [0.05, 0.1) is 22.3 Å². The Kier molecular flexibility index (Phi) is 19.4. The smallest absolute Gasteiger partial charge is 0.196 e. The number of carbonyl (C=O) groups is 4. The Morgan fingerprint density at radius 1 is 0.413 bits per heavy atom. The third-order valence-electron chi connectivity index (χ3n) is 18.0. The standard InChI is InChI=1S/C34H46N2O2.C33H44N2O2/c1-3-5-14-23(4-2)21-24-22-29(35-25-15-8-6-9-16-25)30-31(32(24)36-26-17-10-7-11-18-26)34(38)28-20-13-12-19-27(28)33(30)37;1-2-3-4-5-8-15-23-22-28(34-24-16-9-6-10-17-24)29-30(31(23)35-25-18-11-7-12-19-25)33(37)27-21-14-13-20-26(27)32(29)36/h12-13,19-20,22-23,25-26,35-36H,3-11,14-18,21H2,1-2H3;13-14,20-22,24-25,34-35H,2-12,15-19H2,1H3. The molecule has 8 nitrogen and oxygen atoms in total. The van der Waals surface area contributed by atoms with Gasteiger partial charge < -0.3 is 21.3 Å². The molecule has 4 aromatic carbocycles. The van der Waals surface area contributed by atoms with E-state index in [4.69, 9.17) is 0 Å². The zero-order valence-corrected chi connectivity index (χ0v) is 46.2. The fraction of sp³-hybridized carbons (Fsp3) is 0.582. The number of rotatable bonds is 20. The number of carbonyl (C=O) groups excluding carboxylic acids is 4. The van der Waals surface area contributed by atoms with Crippen LogP contribution in [0.4, 0.5) is 22.7 Å². The van der Waals surface area contributed by atoms with Crippen molar-refractivity contribution in [2.24, 2.45) is 5.92 Å². The normalized spacial score (nSPS) is 18.8. The van der Waals surface area contributed by atoms with Gasteiger partial charge in [-0.15, -0.1) is 0 Å². The van der Waals surface area contributed by atoms with Crippen molar-refractivity contribution in [2.45, 2.75) is 244 Å². The molecule has 0 heterocycles. The molecule has 4 saturated carbocycles. The van der Waals surface area contributed by atoms with Crippen LogP contribution in [0.2, 0.25) is 0 Å². The molecule has 8 heteroatoms. The minimum Gasteiger partial charge on any atom is -0.382 e. The molecule has 6 aliphatic rings. The predicted molar refractivity (Wildman–Crippen MR) is 311 cm³/mol. The van der Waals surface area contributed by atoms with Gasteiger partial charge in [-0.25, -0.2) is 0 Å². The Morgan fingerprint density at radius 2 is 0.773 bits per heavy atom. The van der Waals surface area contributed by atoms with Gasteiger partial charge in [0, 0.05) is 69.2 Å². The minimum absolute atomic E-state index is 0.00281. The third-order valence-corrected chi connectivity index (χ3v) is 18.0. The molecule has 6 aliphatic carbocycles. The Balaban J connectivity index is 0.000000184. The Morgan fingerprint density at radius 3 is 1.17 bits per heavy atom. The second-order valence-electron chi connectivity index (χ2n) is 23.5. The maximum atomic E-state index is 14.2. The molecule has 4 fully saturated rings. The summed E-state index contributed by atoms with van der Waals surface area (Å²) >= 11 is 0. The second kappa shape index (κ2) is 26.7. The fourth-order valence-corrected chi connectivity index (χ4v) is 13.6. The summed E-state index contributed by atoms with van der Waals surface area (Å²) in [5.74, 6) is 0.560. The van der Waals surface area contributed by atoms with Crippen LogP contribution in [0.5, 0.6) is 0 Å². The van der Waals surface area contributed by atoms with E-state index in [9.17, 15) is 19.2 Å². The van der Waals surface area contributed by atoms with E-state index in [0.29, 0.717) is 74.6 Å². The van der Waals surface area contributed by atoms with Crippen molar-refractivity contribution in [1.82, 2.24) is 0 Å². The van der Waals surface area contributed by atoms with Gasteiger partial charge in [-0.1, -0.05) is 198 Å². The molecular weight excluding hydrogens is 925 g/mol. The lowest BCUT2D eigenvalue weighted by molar-refractivity contribution is 0.0980. The first-order valence-electron chi connectivity index (χ1n) is 30.6. The molecular formula is C67H90N4O4. The minimum atomic E-state index is -0.00954. The lowest BCUT2D eigenvalue weighted by atomic mass is 9.79. The van der Waals surface area contributed by atoms with Crippen LogP contribution in [0.25, 0.3) is 0 Å². The second-order valence-corrected chi connectivity index (χ2v) is 23.5. The van der Waals surface area contributed by atoms with E-state index >= 15 is 0 Å². The summed E-state index contributed by atoms with van der Waals surface area (Å²) in [7, 11) is 0. The van der Waals surface area contributed by atoms with Gasteiger partial charge >= 0.3 is 0 Å². The van der Waals surface area contributed by atoms with Gasteiger partial charge in [-0.3, -0.25) is 19.2 Å². The third kappa shape index (κ3) is 13.0. The van der Waals surface area contributed by atoms with E-state index in [1.165, 1.54) is 133 Å². The van der Waals surface area contributed by atoms with Crippen LogP contribution in [-0.2, 0) is 12.8 Å². The number of unbranched alkanes of at least 4 members (excludes halogenated alkanes) is 5. The van der Waals surface area contributed by atoms with Gasteiger partial charge in [0.25, 0.3) is 0 Å². The quantitative estimate of drug-likeness (QED) is 0.0559. The Labute approximate surface area is 450 Å². The van der Waals surface area contributed by atoms with Gasteiger partial charge in [0.1, 0.15) is 0 Å². The summed E-state index contributed by atoms with van der Waals surface area (Å²) in [5, 5.41) is 15.3. The summed E-state index contributed by atoms with van der Waals surface area (Å²) < 4.78 is 0. The average Bonchev–Trinajstić information content (AvgIpc) is 3.47. The van der Waals surface area contributed by atoms with Crippen LogP contribution in [0.3, 0.4) is 0 Å². The van der Waals surface area contributed by atoms with Gasteiger partial charge in [-0.2, -0.15) is 0 Å². The van der Waals surface area contributed by atoms with Crippen molar-refractivity contribution in [2.75, 3.05) is 21.3 Å². The van der Waals surface area contributed by atoms with Crippen molar-refractivity contribution < 1.29 is 19.2 Å². The molecule has 0 saturated heterocycles. The van der Waals surface area contributed by atoms with Crippen LogP contribution in [-0.4, -0.2) is 47.3 Å². The van der Waals surface area contributed by atoms with Crippen LogP contribution in [0.1, 0.15) is 282 Å². The number of hydrogen-bond acceptors (Lipinski definition) is 8. The molecule has 4 aromatic rings. The zero-order valence-electron chi connectivity index (χ0n) is 46.2. The Hall–Kier alpha value is -5.24. The summed E-state index contributed by atoms with van der Waals surface area (Å²) in [6, 6.07) is 20.8. The van der Waals surface area contributed by atoms with Crippen LogP contribution in [0, 0.1) is 5.92 Å². The molecule has 0 aromatic heterocycles. The van der Waals surface area contributed by atoms with E-state index in [0.717, 1.165) is 99.8 Å². The molecule has 0 amide bonds. The summed E-state index contributed by atoms with van der Waals surface area (Å²) in [6.45, 7) is 6.80. The van der Waals surface area contributed by atoms with E-state index in [-0.39, 0.29) is 23.1 Å². The molecule has 1 atom stereocenters. The number of benzene rings is 4. The molecule has 0 bridgehead atoms. The summed E-state index contributed by atoms with van der Waals surface area (Å²) in [6.07, 6.45) is 36.7. The molecule has 0 spiro atoms. The van der Waals surface area contributed by atoms with Crippen LogP contribution < -0.4 is 21.3 Å². The van der Waals surface area contributed by atoms with Crippen molar-refractivity contribution in [3.05, 3.63) is 116 Å². The van der Waals surface area contributed by atoms with E-state index in [1.807, 2.05) is 48.5 Å². The van der Waals surface area contributed by atoms with Crippen molar-refractivity contribution >= 4 is 45.9 Å². The number of anilines is 4. The molecule has 4 N–H and O–H groups in total. The van der Waals surface area contributed by atoms with E-state index in [2.05, 4.69) is 54.2 Å². The number of ketones is 4. The highest BCUT2D eigenvalue weighted by molar-refractivity contribution is 6.33. The Bertz CT molecular complexity index is 2610. The average molecular weight is 1020 g/mol. The van der Waals surface area contributed by atoms with Crippen molar-refractivity contribution in [3.8, 4) is 0 Å². The summed E-state index contributed by atoms with van der Waals surface area (Å²) in [4.78, 5) is 56.4. The molecule has 402 valence electrons. The van der Waals surface area contributed by atoms with Crippen molar-refractivity contribution in [1.29, 1.82) is 0 Å². The molecule has 0 aliphatic heterocycles. The van der Waals surface area contributed by atoms with Gasteiger partial charge in [0.15, 0.2) is 23.1 Å². The molecule has 75 heavy (non-hydrogen) atoms. The maximum absolute atomic E-state index is 14.2. The monoisotopic (exact) mass is 1010 g/mol. The first kappa shape index (κ1) is 54.5. The number of fused-ring (bicyclic) bond motifs is 4. The highest BCUT2D eigenvalue weighted by Gasteiger charge is 2.38.